The fourth-order valence-corrected chi connectivity index (χ4v) is 4.39. The van der Waals surface area contributed by atoms with Gasteiger partial charge in [-0.05, 0) is 25.0 Å². The quantitative estimate of drug-likeness (QED) is 0.630. The number of nitrogens with zero attached hydrogens (tertiary/aromatic N) is 1. The summed E-state index contributed by atoms with van der Waals surface area (Å²) in [5, 5.41) is 1.21. The lowest BCUT2D eigenvalue weighted by Gasteiger charge is -2.59. The lowest BCUT2D eigenvalue weighted by molar-refractivity contribution is -0.143. The van der Waals surface area contributed by atoms with E-state index in [2.05, 4.69) is 11.8 Å². The molecule has 1 aromatic carbocycles. The lowest BCUT2D eigenvalue weighted by Crippen LogP contribution is -2.64. The SMILES string of the molecule is CC(C)=C(C(=O)OCc1ccccc1)N1CC2C(C)SC21. The minimum Gasteiger partial charge on any atom is -0.456 e. The molecule has 0 N–H and O–H groups in total. The molecule has 21 heavy (non-hydrogen) atoms. The molecule has 112 valence electrons. The van der Waals surface area contributed by atoms with Crippen LogP contribution in [0.25, 0.3) is 0 Å². The number of allylic oxidation sites excluding steroid dienone is 1. The highest BCUT2D eigenvalue weighted by molar-refractivity contribution is 8.02. The summed E-state index contributed by atoms with van der Waals surface area (Å²) in [6.07, 6.45) is 0. The molecule has 0 aliphatic carbocycles. The molecule has 2 fully saturated rings. The molecule has 1 aromatic rings. The number of benzene rings is 1. The summed E-state index contributed by atoms with van der Waals surface area (Å²) >= 11 is 1.95. The lowest BCUT2D eigenvalue weighted by atomic mass is 9.93. The van der Waals surface area contributed by atoms with Crippen molar-refractivity contribution in [2.24, 2.45) is 5.92 Å². The van der Waals surface area contributed by atoms with Gasteiger partial charge in [-0.15, -0.1) is 11.8 Å². The Hall–Kier alpha value is -1.42. The number of rotatable bonds is 4. The number of carbonyl (C=O) groups is 1. The molecule has 3 nitrogen and oxygen atoms in total. The van der Waals surface area contributed by atoms with E-state index in [1.807, 2.05) is 55.9 Å². The van der Waals surface area contributed by atoms with E-state index in [1.54, 1.807) is 0 Å². The Labute approximate surface area is 130 Å². The highest BCUT2D eigenvalue weighted by Gasteiger charge is 2.53. The van der Waals surface area contributed by atoms with Gasteiger partial charge in [0.25, 0.3) is 0 Å². The van der Waals surface area contributed by atoms with E-state index in [0.717, 1.165) is 34.5 Å². The van der Waals surface area contributed by atoms with Gasteiger partial charge in [0, 0.05) is 17.7 Å². The Bertz CT molecular complexity index is 565. The number of hydrogen-bond donors (Lipinski definition) is 0. The highest BCUT2D eigenvalue weighted by Crippen LogP contribution is 2.53. The maximum atomic E-state index is 12.4. The molecule has 2 heterocycles. The number of likely N-dealkylation sites (tertiary alicyclic amines) is 1. The van der Waals surface area contributed by atoms with Gasteiger partial charge in [0.2, 0.25) is 0 Å². The van der Waals surface area contributed by atoms with Crippen molar-refractivity contribution in [1.82, 2.24) is 4.90 Å². The van der Waals surface area contributed by atoms with Gasteiger partial charge in [0.15, 0.2) is 0 Å². The zero-order valence-electron chi connectivity index (χ0n) is 12.7. The second-order valence-corrected chi connectivity index (χ2v) is 7.46. The number of hydrogen-bond acceptors (Lipinski definition) is 4. The van der Waals surface area contributed by atoms with Crippen LogP contribution in [0, 0.1) is 5.92 Å². The molecular weight excluding hydrogens is 282 g/mol. The minimum absolute atomic E-state index is 0.197. The van der Waals surface area contributed by atoms with E-state index in [1.165, 1.54) is 0 Å². The van der Waals surface area contributed by atoms with Crippen molar-refractivity contribution >= 4 is 17.7 Å². The average Bonchev–Trinajstić information content (AvgIpc) is 2.46. The summed E-state index contributed by atoms with van der Waals surface area (Å²) < 4.78 is 5.50. The van der Waals surface area contributed by atoms with Gasteiger partial charge in [-0.25, -0.2) is 4.79 Å². The van der Waals surface area contributed by atoms with E-state index >= 15 is 0 Å². The van der Waals surface area contributed by atoms with Crippen LogP contribution in [0.2, 0.25) is 0 Å². The second-order valence-electron chi connectivity index (χ2n) is 5.96. The molecule has 0 radical (unpaired) electrons. The molecule has 0 bridgehead atoms. The van der Waals surface area contributed by atoms with Crippen LogP contribution >= 0.6 is 11.8 Å². The predicted molar refractivity (Wildman–Crippen MR) is 85.6 cm³/mol. The standard InChI is InChI=1S/C17H21NO2S/c1-11(2)15(18-9-14-12(3)21-16(14)18)17(19)20-10-13-7-5-4-6-8-13/h4-8,12,14,16H,9-10H2,1-3H3. The maximum Gasteiger partial charge on any atom is 0.354 e. The summed E-state index contributed by atoms with van der Waals surface area (Å²) in [4.78, 5) is 14.6. The number of fused-ring (bicyclic) bond motifs is 1. The Balaban J connectivity index is 1.63. The Morgan fingerprint density at radius 1 is 1.33 bits per heavy atom. The van der Waals surface area contributed by atoms with Gasteiger partial charge in [0.1, 0.15) is 12.3 Å². The molecule has 3 atom stereocenters. The summed E-state index contributed by atoms with van der Waals surface area (Å²) in [6, 6.07) is 9.81. The molecule has 2 saturated heterocycles. The summed E-state index contributed by atoms with van der Waals surface area (Å²) in [7, 11) is 0. The van der Waals surface area contributed by atoms with Gasteiger partial charge in [-0.2, -0.15) is 0 Å². The van der Waals surface area contributed by atoms with E-state index in [-0.39, 0.29) is 5.97 Å². The van der Waals surface area contributed by atoms with E-state index in [4.69, 9.17) is 4.74 Å². The molecule has 2 aliphatic rings. The van der Waals surface area contributed by atoms with Crippen molar-refractivity contribution in [3.8, 4) is 0 Å². The van der Waals surface area contributed by atoms with Crippen molar-refractivity contribution in [1.29, 1.82) is 0 Å². The van der Waals surface area contributed by atoms with Crippen LogP contribution in [0.5, 0.6) is 0 Å². The average molecular weight is 303 g/mol. The Morgan fingerprint density at radius 3 is 2.57 bits per heavy atom. The first-order valence-corrected chi connectivity index (χ1v) is 8.33. The Kier molecular flexibility index (Phi) is 3.98. The molecule has 0 amide bonds. The summed E-state index contributed by atoms with van der Waals surface area (Å²) in [5.74, 6) is 0.545. The van der Waals surface area contributed by atoms with E-state index < -0.39 is 0 Å². The second kappa shape index (κ2) is 5.76. The minimum atomic E-state index is -0.197. The largest absolute Gasteiger partial charge is 0.456 e. The smallest absolute Gasteiger partial charge is 0.354 e. The predicted octanol–water partition coefficient (Wildman–Crippen LogP) is 3.42. The molecule has 0 aromatic heterocycles. The van der Waals surface area contributed by atoms with Gasteiger partial charge in [-0.1, -0.05) is 37.3 Å². The fourth-order valence-electron chi connectivity index (χ4n) is 2.92. The van der Waals surface area contributed by atoms with Crippen LogP contribution in [-0.2, 0) is 16.1 Å². The van der Waals surface area contributed by atoms with Crippen LogP contribution in [-0.4, -0.2) is 28.0 Å². The first-order valence-electron chi connectivity index (χ1n) is 7.38. The van der Waals surface area contributed by atoms with Gasteiger partial charge >= 0.3 is 5.97 Å². The van der Waals surface area contributed by atoms with E-state index in [0.29, 0.717) is 12.0 Å². The zero-order valence-corrected chi connectivity index (χ0v) is 13.5. The van der Waals surface area contributed by atoms with Crippen LogP contribution in [0.1, 0.15) is 26.3 Å². The number of ether oxygens (including phenoxy) is 1. The third-order valence-corrected chi connectivity index (χ3v) is 5.87. The van der Waals surface area contributed by atoms with Gasteiger partial charge < -0.3 is 9.64 Å². The molecule has 0 saturated carbocycles. The van der Waals surface area contributed by atoms with Crippen molar-refractivity contribution < 1.29 is 9.53 Å². The third-order valence-electron chi connectivity index (χ3n) is 4.20. The normalized spacial score (nSPS) is 26.2. The summed E-state index contributed by atoms with van der Waals surface area (Å²) in [5.41, 5.74) is 2.81. The van der Waals surface area contributed by atoms with Crippen molar-refractivity contribution in [3.63, 3.8) is 0 Å². The van der Waals surface area contributed by atoms with Crippen LogP contribution < -0.4 is 0 Å². The van der Waals surface area contributed by atoms with Crippen LogP contribution in [0.4, 0.5) is 0 Å². The summed E-state index contributed by atoms with van der Waals surface area (Å²) in [6.45, 7) is 7.55. The third kappa shape index (κ3) is 2.69. The highest BCUT2D eigenvalue weighted by atomic mass is 32.2. The monoisotopic (exact) mass is 303 g/mol. The number of thioether (sulfide) groups is 1. The van der Waals surface area contributed by atoms with Crippen molar-refractivity contribution in [2.45, 2.75) is 38.0 Å². The van der Waals surface area contributed by atoms with Crippen molar-refractivity contribution in [2.75, 3.05) is 6.54 Å². The first kappa shape index (κ1) is 14.5. The number of carbonyl (C=O) groups excluding carboxylic acids is 1. The molecule has 3 rings (SSSR count). The fraction of sp³-hybridized carbons (Fsp3) is 0.471. The van der Waals surface area contributed by atoms with Crippen molar-refractivity contribution in [3.05, 3.63) is 47.2 Å². The van der Waals surface area contributed by atoms with Crippen LogP contribution in [0.3, 0.4) is 0 Å². The Morgan fingerprint density at radius 2 is 2.05 bits per heavy atom. The first-order chi connectivity index (χ1) is 10.1. The van der Waals surface area contributed by atoms with Gasteiger partial charge in [0.05, 0.1) is 5.37 Å². The van der Waals surface area contributed by atoms with E-state index in [9.17, 15) is 4.79 Å². The zero-order chi connectivity index (χ0) is 15.0. The molecular formula is C17H21NO2S. The molecule has 0 spiro atoms. The molecule has 3 unspecified atom stereocenters. The topological polar surface area (TPSA) is 29.5 Å². The molecule has 4 heteroatoms. The maximum absolute atomic E-state index is 12.4. The molecule has 2 aliphatic heterocycles. The van der Waals surface area contributed by atoms with Crippen LogP contribution in [0.15, 0.2) is 41.6 Å². The number of esters is 1. The van der Waals surface area contributed by atoms with Gasteiger partial charge in [-0.3, -0.25) is 0 Å².